The summed E-state index contributed by atoms with van der Waals surface area (Å²) >= 11 is 1.52. The highest BCUT2D eigenvalue weighted by Crippen LogP contribution is 2.31. The van der Waals surface area contributed by atoms with E-state index in [9.17, 15) is 4.39 Å². The smallest absolute Gasteiger partial charge is 0.132 e. The molecule has 5 heteroatoms. The van der Waals surface area contributed by atoms with Crippen molar-refractivity contribution in [1.29, 1.82) is 0 Å². The lowest BCUT2D eigenvalue weighted by Gasteiger charge is -2.03. The molecule has 2 N–H and O–H groups in total. The van der Waals surface area contributed by atoms with Crippen LogP contribution in [-0.2, 0) is 13.0 Å². The highest BCUT2D eigenvalue weighted by molar-refractivity contribution is 7.12. The fourth-order valence-electron chi connectivity index (χ4n) is 2.14. The van der Waals surface area contributed by atoms with Crippen LogP contribution in [0.1, 0.15) is 15.6 Å². The van der Waals surface area contributed by atoms with Crippen LogP contribution >= 0.6 is 11.3 Å². The normalized spacial score (nSPS) is 10.8. The van der Waals surface area contributed by atoms with Crippen LogP contribution in [0.15, 0.2) is 48.7 Å². The SMILES string of the molecule is NCc1nc(-c2ccccc2F)c(Cc2ccccn2)s1. The van der Waals surface area contributed by atoms with Crippen molar-refractivity contribution in [3.63, 3.8) is 0 Å². The fraction of sp³-hybridized carbons (Fsp3) is 0.125. The molecule has 0 atom stereocenters. The zero-order valence-corrected chi connectivity index (χ0v) is 12.1. The number of nitrogens with two attached hydrogens (primary N) is 1. The van der Waals surface area contributed by atoms with E-state index in [0.29, 0.717) is 24.2 Å². The van der Waals surface area contributed by atoms with E-state index in [1.54, 1.807) is 18.3 Å². The van der Waals surface area contributed by atoms with E-state index in [1.807, 2.05) is 24.3 Å². The number of hydrogen-bond donors (Lipinski definition) is 1. The minimum atomic E-state index is -0.270. The van der Waals surface area contributed by atoms with Gasteiger partial charge in [0.2, 0.25) is 0 Å². The van der Waals surface area contributed by atoms with Crippen LogP contribution in [0.4, 0.5) is 4.39 Å². The van der Waals surface area contributed by atoms with Gasteiger partial charge in [-0.25, -0.2) is 9.37 Å². The van der Waals surface area contributed by atoms with Crippen LogP contribution in [0.5, 0.6) is 0 Å². The summed E-state index contributed by atoms with van der Waals surface area (Å²) in [6.07, 6.45) is 2.38. The van der Waals surface area contributed by atoms with Crippen molar-refractivity contribution in [1.82, 2.24) is 9.97 Å². The first kappa shape index (κ1) is 13.9. The number of nitrogens with zero attached hydrogens (tertiary/aromatic N) is 2. The van der Waals surface area contributed by atoms with Crippen LogP contribution in [0, 0.1) is 5.82 Å². The maximum absolute atomic E-state index is 14.0. The maximum atomic E-state index is 14.0. The Morgan fingerprint density at radius 1 is 1.10 bits per heavy atom. The van der Waals surface area contributed by atoms with Gasteiger partial charge in [-0.2, -0.15) is 0 Å². The van der Waals surface area contributed by atoms with Crippen LogP contribution in [0.3, 0.4) is 0 Å². The topological polar surface area (TPSA) is 51.8 Å². The average molecular weight is 299 g/mol. The van der Waals surface area contributed by atoms with E-state index in [-0.39, 0.29) is 5.82 Å². The second-order valence-electron chi connectivity index (χ2n) is 4.56. The summed E-state index contributed by atoms with van der Waals surface area (Å²) < 4.78 is 14.0. The molecule has 2 aromatic heterocycles. The van der Waals surface area contributed by atoms with Crippen molar-refractivity contribution >= 4 is 11.3 Å². The third kappa shape index (κ3) is 2.99. The predicted octanol–water partition coefficient (Wildman–Crippen LogP) is 3.39. The molecule has 0 amide bonds. The minimum Gasteiger partial charge on any atom is -0.325 e. The number of pyridine rings is 1. The molecule has 2 heterocycles. The van der Waals surface area contributed by atoms with Gasteiger partial charge in [0.1, 0.15) is 10.8 Å². The summed E-state index contributed by atoms with van der Waals surface area (Å²) in [5, 5.41) is 0.805. The lowest BCUT2D eigenvalue weighted by atomic mass is 10.1. The Balaban J connectivity index is 2.04. The maximum Gasteiger partial charge on any atom is 0.132 e. The third-order valence-corrected chi connectivity index (χ3v) is 4.19. The summed E-state index contributed by atoms with van der Waals surface area (Å²) in [4.78, 5) is 9.79. The number of rotatable bonds is 4. The van der Waals surface area contributed by atoms with Gasteiger partial charge in [0.05, 0.1) is 5.69 Å². The molecule has 106 valence electrons. The van der Waals surface area contributed by atoms with Gasteiger partial charge in [-0.15, -0.1) is 11.3 Å². The monoisotopic (exact) mass is 299 g/mol. The van der Waals surface area contributed by atoms with Crippen LogP contribution in [0.2, 0.25) is 0 Å². The largest absolute Gasteiger partial charge is 0.325 e. The number of hydrogen-bond acceptors (Lipinski definition) is 4. The van der Waals surface area contributed by atoms with Crippen molar-refractivity contribution in [2.24, 2.45) is 5.73 Å². The average Bonchev–Trinajstić information content (AvgIpc) is 2.92. The molecule has 0 bridgehead atoms. The second kappa shape index (κ2) is 6.11. The molecule has 0 fully saturated rings. The Morgan fingerprint density at radius 3 is 2.62 bits per heavy atom. The van der Waals surface area contributed by atoms with Crippen molar-refractivity contribution < 1.29 is 4.39 Å². The minimum absolute atomic E-state index is 0.270. The molecule has 0 aliphatic carbocycles. The molecule has 0 radical (unpaired) electrons. The van der Waals surface area contributed by atoms with Crippen LogP contribution < -0.4 is 5.73 Å². The lowest BCUT2D eigenvalue weighted by Crippen LogP contribution is -1.95. The van der Waals surface area contributed by atoms with Crippen LogP contribution in [0.25, 0.3) is 11.3 Å². The summed E-state index contributed by atoms with van der Waals surface area (Å²) in [7, 11) is 0. The number of benzene rings is 1. The van der Waals surface area contributed by atoms with Crippen molar-refractivity contribution in [3.8, 4) is 11.3 Å². The molecular formula is C16H14FN3S. The summed E-state index contributed by atoms with van der Waals surface area (Å²) in [5.41, 5.74) is 7.80. The molecule has 3 rings (SSSR count). The highest BCUT2D eigenvalue weighted by Gasteiger charge is 2.16. The number of halogens is 1. The first-order valence-electron chi connectivity index (χ1n) is 6.61. The molecule has 0 saturated carbocycles. The van der Waals surface area contributed by atoms with Crippen molar-refractivity contribution in [3.05, 3.63) is 70.1 Å². The fourth-order valence-corrected chi connectivity index (χ4v) is 3.12. The van der Waals surface area contributed by atoms with E-state index in [2.05, 4.69) is 9.97 Å². The first-order valence-corrected chi connectivity index (χ1v) is 7.43. The third-order valence-electron chi connectivity index (χ3n) is 3.11. The molecule has 0 aliphatic heterocycles. The van der Waals surface area contributed by atoms with Crippen LogP contribution in [-0.4, -0.2) is 9.97 Å². The molecule has 0 unspecified atom stereocenters. The summed E-state index contributed by atoms with van der Waals surface area (Å²) in [6, 6.07) is 12.4. The molecule has 0 spiro atoms. The quantitative estimate of drug-likeness (QED) is 0.803. The molecule has 3 nitrogen and oxygen atoms in total. The van der Waals surface area contributed by atoms with E-state index >= 15 is 0 Å². The van der Waals surface area contributed by atoms with E-state index in [0.717, 1.165) is 15.6 Å². The molecule has 0 aliphatic rings. The van der Waals surface area contributed by atoms with Gasteiger partial charge in [-0.1, -0.05) is 18.2 Å². The van der Waals surface area contributed by atoms with Gasteiger partial charge in [0.15, 0.2) is 0 Å². The molecule has 3 aromatic rings. The van der Waals surface area contributed by atoms with Gasteiger partial charge in [0, 0.05) is 35.3 Å². The van der Waals surface area contributed by atoms with Crippen molar-refractivity contribution in [2.45, 2.75) is 13.0 Å². The zero-order valence-electron chi connectivity index (χ0n) is 11.3. The molecule has 1 aromatic carbocycles. The second-order valence-corrected chi connectivity index (χ2v) is 5.73. The standard InChI is InChI=1S/C16H14FN3S/c17-13-7-2-1-6-12(13)16-14(21-15(10-18)20-16)9-11-5-3-4-8-19-11/h1-8H,9-10,18H2. The van der Waals surface area contributed by atoms with E-state index in [1.165, 1.54) is 17.4 Å². The summed E-state index contributed by atoms with van der Waals surface area (Å²) in [5.74, 6) is -0.270. The zero-order chi connectivity index (χ0) is 14.7. The van der Waals surface area contributed by atoms with Gasteiger partial charge >= 0.3 is 0 Å². The Morgan fingerprint density at radius 2 is 1.90 bits per heavy atom. The van der Waals surface area contributed by atoms with Gasteiger partial charge in [-0.05, 0) is 24.3 Å². The van der Waals surface area contributed by atoms with Gasteiger partial charge in [0.25, 0.3) is 0 Å². The van der Waals surface area contributed by atoms with Crippen molar-refractivity contribution in [2.75, 3.05) is 0 Å². The highest BCUT2D eigenvalue weighted by atomic mass is 32.1. The summed E-state index contributed by atoms with van der Waals surface area (Å²) in [6.45, 7) is 0.355. The molecular weight excluding hydrogens is 285 g/mol. The number of aromatic nitrogens is 2. The van der Waals surface area contributed by atoms with Gasteiger partial charge < -0.3 is 5.73 Å². The van der Waals surface area contributed by atoms with E-state index < -0.39 is 0 Å². The lowest BCUT2D eigenvalue weighted by molar-refractivity contribution is 0.630. The Labute approximate surface area is 126 Å². The Bertz CT molecular complexity index is 740. The predicted molar refractivity (Wildman–Crippen MR) is 82.4 cm³/mol. The first-order chi connectivity index (χ1) is 10.3. The van der Waals surface area contributed by atoms with Gasteiger partial charge in [-0.3, -0.25) is 4.98 Å². The Kier molecular flexibility index (Phi) is 4.03. The number of thiazole rings is 1. The Hall–Kier alpha value is -2.11. The van der Waals surface area contributed by atoms with E-state index in [4.69, 9.17) is 5.73 Å². The molecule has 0 saturated heterocycles. The molecule has 21 heavy (non-hydrogen) atoms.